The van der Waals surface area contributed by atoms with Gasteiger partial charge in [0.15, 0.2) is 0 Å². The average molecular weight is 416 g/mol. The first-order valence-electron chi connectivity index (χ1n) is 7.79. The fourth-order valence-corrected chi connectivity index (χ4v) is 4.13. The number of sulfonamides is 1. The van der Waals surface area contributed by atoms with Crippen molar-refractivity contribution in [2.45, 2.75) is 23.9 Å². The molecule has 0 aromatic heterocycles. The fourth-order valence-electron chi connectivity index (χ4n) is 2.61. The second kappa shape index (κ2) is 9.03. The van der Waals surface area contributed by atoms with Crippen LogP contribution in [0.25, 0.3) is 0 Å². The van der Waals surface area contributed by atoms with Crippen LogP contribution in [-0.4, -0.2) is 51.0 Å². The number of halogens is 4. The zero-order valence-corrected chi connectivity index (χ0v) is 15.5. The van der Waals surface area contributed by atoms with Gasteiger partial charge in [0.25, 0.3) is 5.91 Å². The van der Waals surface area contributed by atoms with Crippen LogP contribution in [0.5, 0.6) is 0 Å². The molecule has 1 aliphatic rings. The third kappa shape index (κ3) is 5.83. The summed E-state index contributed by atoms with van der Waals surface area (Å²) >= 11 is 0. The summed E-state index contributed by atoms with van der Waals surface area (Å²) in [6, 6.07) is 5.02. The lowest BCUT2D eigenvalue weighted by molar-refractivity contribution is -0.123. The highest BCUT2D eigenvalue weighted by molar-refractivity contribution is 7.89. The molecule has 1 saturated heterocycles. The number of benzene rings is 1. The van der Waals surface area contributed by atoms with Crippen molar-refractivity contribution in [3.05, 3.63) is 29.8 Å². The minimum absolute atomic E-state index is 0. The van der Waals surface area contributed by atoms with Gasteiger partial charge in [-0.2, -0.15) is 17.5 Å². The maximum Gasteiger partial charge on any atom is 0.405 e. The van der Waals surface area contributed by atoms with Crippen LogP contribution in [0, 0.1) is 5.92 Å². The Morgan fingerprint density at radius 1 is 1.27 bits per heavy atom. The lowest BCUT2D eigenvalue weighted by atomic mass is 9.99. The number of carbonyl (C=O) groups is 1. The molecule has 1 heterocycles. The number of amides is 1. The van der Waals surface area contributed by atoms with Crippen LogP contribution in [-0.2, 0) is 10.0 Å². The van der Waals surface area contributed by atoms with Crippen molar-refractivity contribution < 1.29 is 26.4 Å². The summed E-state index contributed by atoms with van der Waals surface area (Å²) in [7, 11) is -3.80. The Kier molecular flexibility index (Phi) is 7.87. The summed E-state index contributed by atoms with van der Waals surface area (Å²) in [5.74, 6) is -0.692. The van der Waals surface area contributed by atoms with Crippen molar-refractivity contribution in [1.82, 2.24) is 9.62 Å². The van der Waals surface area contributed by atoms with Crippen LogP contribution in [0.1, 0.15) is 23.2 Å². The molecule has 0 spiro atoms. The molecule has 6 nitrogen and oxygen atoms in total. The highest BCUT2D eigenvalue weighted by Crippen LogP contribution is 2.24. The molecule has 148 valence electrons. The lowest BCUT2D eigenvalue weighted by Gasteiger charge is -2.30. The molecule has 2 rings (SSSR count). The number of nitrogens with one attached hydrogen (secondary N) is 1. The topological polar surface area (TPSA) is 92.5 Å². The van der Waals surface area contributed by atoms with Crippen molar-refractivity contribution >= 4 is 28.3 Å². The molecule has 0 bridgehead atoms. The normalized spacial score (nSPS) is 16.8. The predicted molar refractivity (Wildman–Crippen MR) is 92.6 cm³/mol. The van der Waals surface area contributed by atoms with Crippen molar-refractivity contribution in [3.63, 3.8) is 0 Å². The first-order chi connectivity index (χ1) is 11.6. The second-order valence-corrected chi connectivity index (χ2v) is 7.85. The molecule has 1 aromatic carbocycles. The van der Waals surface area contributed by atoms with Gasteiger partial charge in [-0.3, -0.25) is 4.79 Å². The van der Waals surface area contributed by atoms with Crippen LogP contribution in [0.4, 0.5) is 13.2 Å². The minimum atomic E-state index is -4.54. The number of rotatable bonds is 5. The quantitative estimate of drug-likeness (QED) is 0.766. The number of hydrogen-bond donors (Lipinski definition) is 2. The summed E-state index contributed by atoms with van der Waals surface area (Å²) in [4.78, 5) is 11.7. The Morgan fingerprint density at radius 2 is 1.88 bits per heavy atom. The maximum atomic E-state index is 12.7. The summed E-state index contributed by atoms with van der Waals surface area (Å²) in [6.45, 7) is -0.318. The van der Waals surface area contributed by atoms with E-state index in [9.17, 15) is 26.4 Å². The Hall–Kier alpha value is -1.36. The molecule has 1 aliphatic heterocycles. The van der Waals surface area contributed by atoms with Gasteiger partial charge in [-0.25, -0.2) is 8.42 Å². The largest absolute Gasteiger partial charge is 0.405 e. The Labute approximate surface area is 156 Å². The Morgan fingerprint density at radius 3 is 2.42 bits per heavy atom. The van der Waals surface area contributed by atoms with Gasteiger partial charge in [0.05, 0.1) is 4.90 Å². The van der Waals surface area contributed by atoms with Crippen molar-refractivity contribution in [2.75, 3.05) is 26.2 Å². The van der Waals surface area contributed by atoms with E-state index in [4.69, 9.17) is 5.73 Å². The van der Waals surface area contributed by atoms with Gasteiger partial charge in [-0.15, -0.1) is 12.4 Å². The highest BCUT2D eigenvalue weighted by Gasteiger charge is 2.30. The summed E-state index contributed by atoms with van der Waals surface area (Å²) < 4.78 is 63.2. The Bertz CT molecular complexity index is 720. The Balaban J connectivity index is 0.00000338. The first-order valence-corrected chi connectivity index (χ1v) is 9.23. The van der Waals surface area contributed by atoms with Crippen LogP contribution in [0.2, 0.25) is 0 Å². The molecular weight excluding hydrogens is 395 g/mol. The number of alkyl halides is 3. The third-order valence-corrected chi connectivity index (χ3v) is 5.98. The summed E-state index contributed by atoms with van der Waals surface area (Å²) in [5.41, 5.74) is 5.45. The molecule has 1 aromatic rings. The third-order valence-electron chi connectivity index (χ3n) is 4.09. The zero-order valence-electron chi connectivity index (χ0n) is 13.8. The lowest BCUT2D eigenvalue weighted by Crippen LogP contribution is -2.40. The monoisotopic (exact) mass is 415 g/mol. The maximum absolute atomic E-state index is 12.7. The van der Waals surface area contributed by atoms with Crippen LogP contribution in [0.3, 0.4) is 0 Å². The standard InChI is InChI=1S/C15H20F3N3O3S.ClH/c16-15(17,18)10-20-14(22)12-2-1-3-13(8-12)25(23,24)21-6-4-11(9-19)5-7-21;/h1-3,8,11H,4-7,9-10,19H2,(H,20,22);1H. The smallest absolute Gasteiger partial charge is 0.343 e. The van der Waals surface area contributed by atoms with E-state index in [1.165, 1.54) is 22.5 Å². The van der Waals surface area contributed by atoms with Gasteiger partial charge in [-0.05, 0) is 43.5 Å². The molecule has 0 saturated carbocycles. The molecular formula is C15H21ClF3N3O3S. The SMILES string of the molecule is Cl.NCC1CCN(S(=O)(=O)c2cccc(C(=O)NCC(F)(F)F)c2)CC1. The molecule has 1 fully saturated rings. The first kappa shape index (κ1) is 22.7. The van der Waals surface area contributed by atoms with Gasteiger partial charge in [0.1, 0.15) is 6.54 Å². The van der Waals surface area contributed by atoms with E-state index in [0.717, 1.165) is 6.07 Å². The van der Waals surface area contributed by atoms with E-state index < -0.39 is 28.7 Å². The molecule has 0 unspecified atom stereocenters. The predicted octanol–water partition coefficient (Wildman–Crippen LogP) is 1.76. The number of nitrogens with zero attached hydrogens (tertiary/aromatic N) is 1. The summed E-state index contributed by atoms with van der Waals surface area (Å²) in [6.07, 6.45) is -3.23. The summed E-state index contributed by atoms with van der Waals surface area (Å²) in [5, 5.41) is 1.72. The number of piperidine rings is 1. The van der Waals surface area contributed by atoms with Gasteiger partial charge in [0.2, 0.25) is 10.0 Å². The van der Waals surface area contributed by atoms with E-state index in [1.54, 1.807) is 5.32 Å². The fraction of sp³-hybridized carbons (Fsp3) is 0.533. The van der Waals surface area contributed by atoms with Crippen LogP contribution >= 0.6 is 12.4 Å². The average Bonchev–Trinajstić information content (AvgIpc) is 2.59. The van der Waals surface area contributed by atoms with Gasteiger partial charge in [-0.1, -0.05) is 6.07 Å². The zero-order chi connectivity index (χ0) is 18.7. The van der Waals surface area contributed by atoms with Gasteiger partial charge < -0.3 is 11.1 Å². The van der Waals surface area contributed by atoms with Crippen LogP contribution < -0.4 is 11.1 Å². The molecule has 11 heteroatoms. The van der Waals surface area contributed by atoms with Gasteiger partial charge in [0, 0.05) is 18.7 Å². The van der Waals surface area contributed by atoms with Crippen LogP contribution in [0.15, 0.2) is 29.2 Å². The van der Waals surface area contributed by atoms with Gasteiger partial charge >= 0.3 is 6.18 Å². The van der Waals surface area contributed by atoms with E-state index in [-0.39, 0.29) is 28.8 Å². The van der Waals surface area contributed by atoms with E-state index >= 15 is 0 Å². The molecule has 0 radical (unpaired) electrons. The molecule has 1 amide bonds. The number of nitrogens with two attached hydrogens (primary N) is 1. The molecule has 3 N–H and O–H groups in total. The molecule has 0 aliphatic carbocycles. The number of carbonyl (C=O) groups excluding carboxylic acids is 1. The number of hydrogen-bond acceptors (Lipinski definition) is 4. The van der Waals surface area contributed by atoms with E-state index in [1.807, 2.05) is 0 Å². The minimum Gasteiger partial charge on any atom is -0.343 e. The highest BCUT2D eigenvalue weighted by atomic mass is 35.5. The van der Waals surface area contributed by atoms with E-state index in [0.29, 0.717) is 32.5 Å². The second-order valence-electron chi connectivity index (χ2n) is 5.91. The van der Waals surface area contributed by atoms with Crippen molar-refractivity contribution in [2.24, 2.45) is 11.7 Å². The van der Waals surface area contributed by atoms with Crippen molar-refractivity contribution in [3.8, 4) is 0 Å². The van der Waals surface area contributed by atoms with Crippen molar-refractivity contribution in [1.29, 1.82) is 0 Å². The molecule has 26 heavy (non-hydrogen) atoms. The molecule has 0 atom stereocenters. The van der Waals surface area contributed by atoms with E-state index in [2.05, 4.69) is 0 Å².